The quantitative estimate of drug-likeness (QED) is 0.148. The van der Waals surface area contributed by atoms with Crippen molar-refractivity contribution in [3.63, 3.8) is 0 Å². The summed E-state index contributed by atoms with van der Waals surface area (Å²) >= 11 is 0. The molecule has 0 fully saturated rings. The number of carbonyl (C=O) groups excluding carboxylic acids is 2. The van der Waals surface area contributed by atoms with E-state index in [0.29, 0.717) is 17.9 Å². The number of ether oxygens (including phenoxy) is 5. The zero-order valence-corrected chi connectivity index (χ0v) is 20.9. The van der Waals surface area contributed by atoms with Crippen LogP contribution in [0.1, 0.15) is 20.8 Å². The predicted molar refractivity (Wildman–Crippen MR) is 135 cm³/mol. The standard InChI is InChI=1S/C28H31FO7/c1-18(2)17-36-22-9-7-21(8-10-22)23-15-25(32-11-13-34-27(30)19(3)4)26(16-24(23)29)33-12-14-35-28(31)20(5)6/h7-10,15-16H,1,3,5,11-14,17H2,2,4,6H3. The van der Waals surface area contributed by atoms with Crippen molar-refractivity contribution in [1.29, 1.82) is 0 Å². The molecule has 36 heavy (non-hydrogen) atoms. The molecule has 0 aliphatic carbocycles. The first-order chi connectivity index (χ1) is 17.1. The minimum Gasteiger partial charge on any atom is -0.489 e. The second-order valence-corrected chi connectivity index (χ2v) is 8.08. The molecule has 0 unspecified atom stereocenters. The Morgan fingerprint density at radius 1 is 0.750 bits per heavy atom. The SMILES string of the molecule is C=C(C)COc1ccc(-c2cc(OCCOC(=O)C(=C)C)c(OCCOC(=O)C(=C)C)cc2F)cc1. The molecule has 0 aliphatic rings. The van der Waals surface area contributed by atoms with Crippen LogP contribution < -0.4 is 14.2 Å². The molecule has 2 rings (SSSR count). The number of hydrogen-bond acceptors (Lipinski definition) is 7. The molecule has 0 aromatic heterocycles. The minimum atomic E-state index is -0.549. The van der Waals surface area contributed by atoms with Gasteiger partial charge in [-0.25, -0.2) is 14.0 Å². The molecule has 0 heterocycles. The zero-order valence-electron chi connectivity index (χ0n) is 20.9. The van der Waals surface area contributed by atoms with E-state index in [4.69, 9.17) is 23.7 Å². The molecular formula is C28H31FO7. The molecule has 0 saturated heterocycles. The minimum absolute atomic E-state index is 0.00121. The van der Waals surface area contributed by atoms with Gasteiger partial charge in [-0.05, 0) is 50.1 Å². The summed E-state index contributed by atoms with van der Waals surface area (Å²) in [6.45, 7) is 16.0. The summed E-state index contributed by atoms with van der Waals surface area (Å²) in [7, 11) is 0. The molecule has 0 radical (unpaired) electrons. The third kappa shape index (κ3) is 8.94. The Hall–Kier alpha value is -4.07. The van der Waals surface area contributed by atoms with Crippen molar-refractivity contribution < 1.29 is 37.7 Å². The van der Waals surface area contributed by atoms with Crippen LogP contribution in [0.3, 0.4) is 0 Å². The highest BCUT2D eigenvalue weighted by Gasteiger charge is 2.15. The number of esters is 2. The Morgan fingerprint density at radius 2 is 1.25 bits per heavy atom. The number of benzene rings is 2. The van der Waals surface area contributed by atoms with Gasteiger partial charge in [0.2, 0.25) is 0 Å². The van der Waals surface area contributed by atoms with Crippen LogP contribution in [-0.4, -0.2) is 45.0 Å². The maximum absolute atomic E-state index is 15.0. The number of rotatable bonds is 14. The lowest BCUT2D eigenvalue weighted by Gasteiger charge is -2.16. The van der Waals surface area contributed by atoms with Gasteiger partial charge >= 0.3 is 11.9 Å². The van der Waals surface area contributed by atoms with Gasteiger partial charge in [0.1, 0.15) is 44.6 Å². The van der Waals surface area contributed by atoms with Crippen LogP contribution in [-0.2, 0) is 19.1 Å². The smallest absolute Gasteiger partial charge is 0.333 e. The monoisotopic (exact) mass is 498 g/mol. The van der Waals surface area contributed by atoms with Crippen molar-refractivity contribution in [2.75, 3.05) is 33.0 Å². The summed E-state index contributed by atoms with van der Waals surface area (Å²) in [6.07, 6.45) is 0. The fourth-order valence-corrected chi connectivity index (χ4v) is 2.74. The van der Waals surface area contributed by atoms with Gasteiger partial charge in [-0.1, -0.05) is 31.9 Å². The first kappa shape index (κ1) is 28.2. The fraction of sp³-hybridized carbons (Fsp3) is 0.286. The van der Waals surface area contributed by atoms with Crippen molar-refractivity contribution >= 4 is 11.9 Å². The largest absolute Gasteiger partial charge is 0.489 e. The highest BCUT2D eigenvalue weighted by atomic mass is 19.1. The molecule has 0 amide bonds. The summed E-state index contributed by atoms with van der Waals surface area (Å²) in [5, 5.41) is 0. The number of halogens is 1. The van der Waals surface area contributed by atoms with Crippen LogP contribution in [0.15, 0.2) is 72.9 Å². The van der Waals surface area contributed by atoms with E-state index in [9.17, 15) is 9.59 Å². The van der Waals surface area contributed by atoms with Gasteiger partial charge in [-0.15, -0.1) is 0 Å². The first-order valence-electron chi connectivity index (χ1n) is 11.2. The van der Waals surface area contributed by atoms with Gasteiger partial charge in [0.05, 0.1) is 0 Å². The Morgan fingerprint density at radius 3 is 1.72 bits per heavy atom. The van der Waals surface area contributed by atoms with Crippen LogP contribution in [0.4, 0.5) is 4.39 Å². The van der Waals surface area contributed by atoms with Crippen molar-refractivity contribution in [2.24, 2.45) is 0 Å². The van der Waals surface area contributed by atoms with E-state index < -0.39 is 17.8 Å². The lowest BCUT2D eigenvalue weighted by Crippen LogP contribution is -2.14. The second kappa shape index (κ2) is 13.7. The fourth-order valence-electron chi connectivity index (χ4n) is 2.74. The Balaban J connectivity index is 2.19. The van der Waals surface area contributed by atoms with E-state index in [0.717, 1.165) is 5.57 Å². The summed E-state index contributed by atoms with van der Waals surface area (Å²) in [5.41, 5.74) is 2.27. The van der Waals surface area contributed by atoms with Crippen LogP contribution in [0.5, 0.6) is 17.2 Å². The lowest BCUT2D eigenvalue weighted by molar-refractivity contribution is -0.140. The topological polar surface area (TPSA) is 80.3 Å². The second-order valence-electron chi connectivity index (χ2n) is 8.08. The first-order valence-corrected chi connectivity index (χ1v) is 11.2. The highest BCUT2D eigenvalue weighted by Crippen LogP contribution is 2.36. The van der Waals surface area contributed by atoms with E-state index in [2.05, 4.69) is 19.7 Å². The van der Waals surface area contributed by atoms with E-state index >= 15 is 4.39 Å². The molecule has 0 atom stereocenters. The van der Waals surface area contributed by atoms with Gasteiger partial charge in [0, 0.05) is 22.8 Å². The lowest BCUT2D eigenvalue weighted by atomic mass is 10.0. The van der Waals surface area contributed by atoms with Gasteiger partial charge in [0.15, 0.2) is 11.5 Å². The molecule has 7 nitrogen and oxygen atoms in total. The number of hydrogen-bond donors (Lipinski definition) is 0. The van der Waals surface area contributed by atoms with E-state index in [1.54, 1.807) is 24.3 Å². The Kier molecular flexibility index (Phi) is 10.7. The molecule has 8 heteroatoms. The van der Waals surface area contributed by atoms with Crippen molar-refractivity contribution in [3.05, 3.63) is 78.7 Å². The summed E-state index contributed by atoms with van der Waals surface area (Å²) in [5.74, 6) is -0.667. The maximum Gasteiger partial charge on any atom is 0.333 e. The maximum atomic E-state index is 15.0. The molecule has 0 aliphatic heterocycles. The van der Waals surface area contributed by atoms with Gasteiger partial charge in [-0.2, -0.15) is 0 Å². The normalized spacial score (nSPS) is 10.2. The van der Waals surface area contributed by atoms with Crippen LogP contribution >= 0.6 is 0 Å². The van der Waals surface area contributed by atoms with Crippen LogP contribution in [0, 0.1) is 5.82 Å². The molecular weight excluding hydrogens is 467 g/mol. The van der Waals surface area contributed by atoms with Crippen LogP contribution in [0.2, 0.25) is 0 Å². The van der Waals surface area contributed by atoms with E-state index in [-0.39, 0.29) is 54.6 Å². The van der Waals surface area contributed by atoms with Gasteiger partial charge in [0.25, 0.3) is 0 Å². The van der Waals surface area contributed by atoms with Crippen molar-refractivity contribution in [2.45, 2.75) is 20.8 Å². The van der Waals surface area contributed by atoms with Gasteiger partial charge in [-0.3, -0.25) is 0 Å². The molecule has 0 N–H and O–H groups in total. The predicted octanol–water partition coefficient (Wildman–Crippen LogP) is 5.44. The zero-order chi connectivity index (χ0) is 26.7. The van der Waals surface area contributed by atoms with Crippen molar-refractivity contribution in [3.8, 4) is 28.4 Å². The average Bonchev–Trinajstić information content (AvgIpc) is 2.83. The molecule has 2 aromatic rings. The number of carbonyl (C=O) groups is 2. The summed E-state index contributed by atoms with van der Waals surface area (Å²) in [4.78, 5) is 23.1. The van der Waals surface area contributed by atoms with Crippen molar-refractivity contribution in [1.82, 2.24) is 0 Å². The van der Waals surface area contributed by atoms with E-state index in [1.165, 1.54) is 26.0 Å². The Labute approximate surface area is 210 Å². The summed E-state index contributed by atoms with van der Waals surface area (Å²) in [6, 6.07) is 9.60. The third-order valence-corrected chi connectivity index (χ3v) is 4.53. The average molecular weight is 499 g/mol. The molecule has 0 saturated carbocycles. The van der Waals surface area contributed by atoms with E-state index in [1.807, 2.05) is 6.92 Å². The molecule has 0 bridgehead atoms. The van der Waals surface area contributed by atoms with Gasteiger partial charge < -0.3 is 23.7 Å². The molecule has 192 valence electrons. The Bertz CT molecular complexity index is 1120. The molecule has 0 spiro atoms. The third-order valence-electron chi connectivity index (χ3n) is 4.53. The summed E-state index contributed by atoms with van der Waals surface area (Å²) < 4.78 is 42.0. The van der Waals surface area contributed by atoms with Crippen LogP contribution in [0.25, 0.3) is 11.1 Å². The molecule has 2 aromatic carbocycles. The highest BCUT2D eigenvalue weighted by molar-refractivity contribution is 5.87.